The van der Waals surface area contributed by atoms with E-state index in [0.29, 0.717) is 22.5 Å². The molecule has 0 saturated heterocycles. The van der Waals surface area contributed by atoms with E-state index in [-0.39, 0.29) is 0 Å². The van der Waals surface area contributed by atoms with E-state index < -0.39 is 0 Å². The Bertz CT molecular complexity index is 3130. The molecule has 11 rings (SSSR count). The molecule has 230 valence electrons. The van der Waals surface area contributed by atoms with Crippen LogP contribution >= 0.6 is 22.7 Å². The number of aromatic nitrogens is 2. The topological polar surface area (TPSA) is 57.4 Å². The second-order valence-corrected chi connectivity index (χ2v) is 14.8. The lowest BCUT2D eigenvalue weighted by Gasteiger charge is -2.15. The van der Waals surface area contributed by atoms with Crippen molar-refractivity contribution in [3.8, 4) is 23.5 Å². The van der Waals surface area contributed by atoms with Crippen molar-refractivity contribution in [1.82, 2.24) is 9.13 Å². The summed E-state index contributed by atoms with van der Waals surface area (Å²) in [7, 11) is 0. The molecule has 0 fully saturated rings. The third-order valence-electron chi connectivity index (χ3n) is 10.2. The van der Waals surface area contributed by atoms with Crippen molar-refractivity contribution >= 4 is 107 Å². The SMILES string of the molecule is N#Cc1cc(-n2c3ccccc3c3c4c(ccc32)sc2ccccc24)c(C#N)cc1-n1c2ccccc2c2c3c(ccc21)sc1ccccc13. The third kappa shape index (κ3) is 3.51. The lowest BCUT2D eigenvalue weighted by Crippen LogP contribution is -2.04. The summed E-state index contributed by atoms with van der Waals surface area (Å²) in [5, 5.41) is 31.2. The van der Waals surface area contributed by atoms with Crippen molar-refractivity contribution in [3.63, 3.8) is 0 Å². The number of hydrogen-bond acceptors (Lipinski definition) is 4. The molecule has 7 aromatic carbocycles. The fourth-order valence-electron chi connectivity index (χ4n) is 8.19. The standard InChI is InChI=1S/C44H22N4S2/c45-23-25-22-36(48-32-14-6-2-10-28(32)42-34(48)18-20-40-44(42)30-12-4-8-16-38(30)50-40)26(24-46)21-35(25)47-31-13-5-1-9-27(31)41-33(47)17-19-39-43(41)29-11-3-7-15-37(29)49-39/h1-22H. The van der Waals surface area contributed by atoms with E-state index in [1.54, 1.807) is 22.7 Å². The predicted octanol–water partition coefficient (Wildman–Crippen LogP) is 12.4. The second kappa shape index (κ2) is 10.0. The quantitative estimate of drug-likeness (QED) is 0.184. The first kappa shape index (κ1) is 27.5. The highest BCUT2D eigenvalue weighted by Gasteiger charge is 2.23. The maximum atomic E-state index is 10.8. The van der Waals surface area contributed by atoms with E-state index in [4.69, 9.17) is 0 Å². The van der Waals surface area contributed by atoms with Crippen LogP contribution in [-0.2, 0) is 0 Å². The van der Waals surface area contributed by atoms with Crippen LogP contribution in [0.1, 0.15) is 11.1 Å². The van der Waals surface area contributed by atoms with Gasteiger partial charge in [0.2, 0.25) is 0 Å². The predicted molar refractivity (Wildman–Crippen MR) is 210 cm³/mol. The number of benzene rings is 7. The number of para-hydroxylation sites is 2. The van der Waals surface area contributed by atoms with Gasteiger partial charge in [-0.05, 0) is 60.7 Å². The molecular weight excluding hydrogens is 649 g/mol. The van der Waals surface area contributed by atoms with Gasteiger partial charge in [0, 0.05) is 61.9 Å². The van der Waals surface area contributed by atoms with Gasteiger partial charge in [-0.15, -0.1) is 22.7 Å². The van der Waals surface area contributed by atoms with Crippen LogP contribution in [0.2, 0.25) is 0 Å². The van der Waals surface area contributed by atoms with Gasteiger partial charge >= 0.3 is 0 Å². The highest BCUT2D eigenvalue weighted by atomic mass is 32.1. The summed E-state index contributed by atoms with van der Waals surface area (Å²) < 4.78 is 9.31. The lowest BCUT2D eigenvalue weighted by atomic mass is 10.1. The van der Waals surface area contributed by atoms with E-state index in [9.17, 15) is 10.5 Å². The summed E-state index contributed by atoms with van der Waals surface area (Å²) in [4.78, 5) is 0. The van der Waals surface area contributed by atoms with E-state index in [0.717, 1.165) is 43.6 Å². The van der Waals surface area contributed by atoms with Crippen LogP contribution in [0.5, 0.6) is 0 Å². The lowest BCUT2D eigenvalue weighted by molar-refractivity contribution is 1.12. The highest BCUT2D eigenvalue weighted by Crippen LogP contribution is 2.46. The Labute approximate surface area is 293 Å². The Kier molecular flexibility index (Phi) is 5.52. The van der Waals surface area contributed by atoms with Crippen molar-refractivity contribution in [2.45, 2.75) is 0 Å². The van der Waals surface area contributed by atoms with Gasteiger partial charge in [0.15, 0.2) is 0 Å². The summed E-state index contributed by atoms with van der Waals surface area (Å²) in [6.45, 7) is 0. The number of nitriles is 2. The molecule has 0 unspecified atom stereocenters. The van der Waals surface area contributed by atoms with Crippen LogP contribution in [0.15, 0.2) is 133 Å². The van der Waals surface area contributed by atoms with Crippen LogP contribution in [0.25, 0.3) is 95.3 Å². The Morgan fingerprint density at radius 2 is 0.780 bits per heavy atom. The molecule has 11 aromatic rings. The Balaban J connectivity index is 1.24. The van der Waals surface area contributed by atoms with Crippen molar-refractivity contribution in [2.75, 3.05) is 0 Å². The summed E-state index contributed by atoms with van der Waals surface area (Å²) in [6, 6.07) is 51.5. The van der Waals surface area contributed by atoms with E-state index in [1.807, 2.05) is 24.3 Å². The van der Waals surface area contributed by atoms with Gasteiger partial charge in [0.25, 0.3) is 0 Å². The minimum atomic E-state index is 0.505. The van der Waals surface area contributed by atoms with Crippen LogP contribution in [0, 0.1) is 22.7 Å². The summed E-state index contributed by atoms with van der Waals surface area (Å²) in [5.41, 5.74) is 6.44. The molecule has 4 nitrogen and oxygen atoms in total. The fourth-order valence-corrected chi connectivity index (χ4v) is 10.4. The van der Waals surface area contributed by atoms with E-state index in [2.05, 4.69) is 130 Å². The average molecular weight is 671 g/mol. The molecule has 4 aromatic heterocycles. The van der Waals surface area contributed by atoms with Crippen molar-refractivity contribution in [1.29, 1.82) is 10.5 Å². The molecule has 50 heavy (non-hydrogen) atoms. The molecule has 0 spiro atoms. The van der Waals surface area contributed by atoms with Crippen molar-refractivity contribution in [3.05, 3.63) is 145 Å². The molecule has 0 aliphatic heterocycles. The first-order valence-corrected chi connectivity index (χ1v) is 18.0. The number of fused-ring (bicyclic) bond motifs is 14. The minimum absolute atomic E-state index is 0.505. The van der Waals surface area contributed by atoms with E-state index >= 15 is 0 Å². The number of hydrogen-bond donors (Lipinski definition) is 0. The number of thiophene rings is 2. The van der Waals surface area contributed by atoms with Crippen LogP contribution in [-0.4, -0.2) is 9.13 Å². The smallest absolute Gasteiger partial charge is 0.101 e. The summed E-state index contributed by atoms with van der Waals surface area (Å²) in [6.07, 6.45) is 0. The van der Waals surface area contributed by atoms with Crippen LogP contribution < -0.4 is 0 Å². The molecule has 0 N–H and O–H groups in total. The zero-order valence-electron chi connectivity index (χ0n) is 26.3. The maximum Gasteiger partial charge on any atom is 0.101 e. The monoisotopic (exact) mass is 670 g/mol. The molecule has 0 atom stereocenters. The largest absolute Gasteiger partial charge is 0.308 e. The molecule has 6 heteroatoms. The van der Waals surface area contributed by atoms with Gasteiger partial charge in [-0.2, -0.15) is 10.5 Å². The maximum absolute atomic E-state index is 10.8. The molecule has 0 radical (unpaired) electrons. The van der Waals surface area contributed by atoms with Gasteiger partial charge in [-0.1, -0.05) is 72.8 Å². The highest BCUT2D eigenvalue weighted by molar-refractivity contribution is 7.26. The summed E-state index contributed by atoms with van der Waals surface area (Å²) in [5.74, 6) is 0. The molecular formula is C44H22N4S2. The van der Waals surface area contributed by atoms with Gasteiger partial charge in [0.05, 0.1) is 44.6 Å². The minimum Gasteiger partial charge on any atom is -0.308 e. The molecule has 0 aliphatic carbocycles. The fraction of sp³-hybridized carbons (Fsp3) is 0. The Morgan fingerprint density at radius 1 is 0.380 bits per heavy atom. The molecule has 0 bridgehead atoms. The Hall–Kier alpha value is -6.44. The molecule has 0 aliphatic rings. The molecule has 4 heterocycles. The van der Waals surface area contributed by atoms with Crippen molar-refractivity contribution < 1.29 is 0 Å². The third-order valence-corrected chi connectivity index (χ3v) is 12.5. The van der Waals surface area contributed by atoms with Gasteiger partial charge in [-0.3, -0.25) is 0 Å². The van der Waals surface area contributed by atoms with Gasteiger partial charge in [-0.25, -0.2) is 0 Å². The normalized spacial score (nSPS) is 12.0. The zero-order valence-corrected chi connectivity index (χ0v) is 27.9. The van der Waals surface area contributed by atoms with E-state index in [1.165, 1.54) is 40.3 Å². The van der Waals surface area contributed by atoms with Crippen LogP contribution in [0.4, 0.5) is 0 Å². The van der Waals surface area contributed by atoms with Crippen molar-refractivity contribution in [2.24, 2.45) is 0 Å². The average Bonchev–Trinajstić information content (AvgIpc) is 3.91. The first-order chi connectivity index (χ1) is 24.7. The summed E-state index contributed by atoms with van der Waals surface area (Å²) >= 11 is 3.60. The zero-order chi connectivity index (χ0) is 33.1. The number of rotatable bonds is 2. The van der Waals surface area contributed by atoms with Gasteiger partial charge < -0.3 is 9.13 Å². The molecule has 0 amide bonds. The second-order valence-electron chi connectivity index (χ2n) is 12.7. The van der Waals surface area contributed by atoms with Crippen LogP contribution in [0.3, 0.4) is 0 Å². The Morgan fingerprint density at radius 3 is 1.22 bits per heavy atom. The molecule has 0 saturated carbocycles. The van der Waals surface area contributed by atoms with Gasteiger partial charge in [0.1, 0.15) is 12.1 Å². The first-order valence-electron chi connectivity index (χ1n) is 16.4. The number of nitrogens with zero attached hydrogens (tertiary/aromatic N) is 4.